The molecule has 0 bridgehead atoms. The van der Waals surface area contributed by atoms with E-state index in [0.29, 0.717) is 6.04 Å². The second-order valence-electron chi connectivity index (χ2n) is 4.57. The number of aliphatic hydroxyl groups is 1. The Morgan fingerprint density at radius 2 is 2.16 bits per heavy atom. The third-order valence-corrected chi connectivity index (χ3v) is 4.09. The van der Waals surface area contributed by atoms with Crippen LogP contribution in [0.25, 0.3) is 10.4 Å². The predicted octanol–water partition coefficient (Wildman–Crippen LogP) is 3.41. The van der Waals surface area contributed by atoms with Gasteiger partial charge in [-0.15, -0.1) is 11.3 Å². The molecular formula is C15H18FNOS. The predicted molar refractivity (Wildman–Crippen MR) is 77.7 cm³/mol. The summed E-state index contributed by atoms with van der Waals surface area (Å²) in [7, 11) is 0. The molecule has 0 fully saturated rings. The Morgan fingerprint density at radius 3 is 2.89 bits per heavy atom. The SMILES string of the molecule is CC(CCO)NCc1ccc(-c2cccc(F)c2)s1. The number of aliphatic hydroxyl groups excluding tert-OH is 1. The third-order valence-electron chi connectivity index (χ3n) is 2.96. The highest BCUT2D eigenvalue weighted by Crippen LogP contribution is 2.28. The highest BCUT2D eigenvalue weighted by molar-refractivity contribution is 7.15. The number of hydrogen-bond donors (Lipinski definition) is 2. The molecule has 2 aromatic rings. The van der Waals surface area contributed by atoms with E-state index in [9.17, 15) is 4.39 Å². The molecule has 0 aliphatic rings. The van der Waals surface area contributed by atoms with Gasteiger partial charge in [0.15, 0.2) is 0 Å². The average molecular weight is 279 g/mol. The lowest BCUT2D eigenvalue weighted by Gasteiger charge is -2.10. The number of nitrogens with one attached hydrogen (secondary N) is 1. The van der Waals surface area contributed by atoms with Gasteiger partial charge < -0.3 is 10.4 Å². The molecule has 0 amide bonds. The van der Waals surface area contributed by atoms with Gasteiger partial charge in [0, 0.05) is 28.9 Å². The molecule has 102 valence electrons. The van der Waals surface area contributed by atoms with Gasteiger partial charge in [-0.3, -0.25) is 0 Å². The second-order valence-corrected chi connectivity index (χ2v) is 5.74. The van der Waals surface area contributed by atoms with Crippen molar-refractivity contribution in [3.05, 3.63) is 47.1 Å². The second kappa shape index (κ2) is 6.80. The topological polar surface area (TPSA) is 32.3 Å². The maximum Gasteiger partial charge on any atom is 0.123 e. The maximum atomic E-state index is 13.2. The Morgan fingerprint density at radius 1 is 1.32 bits per heavy atom. The summed E-state index contributed by atoms with van der Waals surface area (Å²) < 4.78 is 13.2. The van der Waals surface area contributed by atoms with Crippen LogP contribution in [0.1, 0.15) is 18.2 Å². The van der Waals surface area contributed by atoms with Crippen molar-refractivity contribution < 1.29 is 9.50 Å². The Balaban J connectivity index is 1.99. The zero-order chi connectivity index (χ0) is 13.7. The van der Waals surface area contributed by atoms with E-state index in [1.54, 1.807) is 23.5 Å². The van der Waals surface area contributed by atoms with Crippen LogP contribution in [0.4, 0.5) is 4.39 Å². The van der Waals surface area contributed by atoms with Gasteiger partial charge in [0.2, 0.25) is 0 Å². The fourth-order valence-electron chi connectivity index (χ4n) is 1.84. The van der Waals surface area contributed by atoms with Gasteiger partial charge in [-0.2, -0.15) is 0 Å². The Bertz CT molecular complexity index is 526. The van der Waals surface area contributed by atoms with Crippen molar-refractivity contribution in [2.45, 2.75) is 25.9 Å². The summed E-state index contributed by atoms with van der Waals surface area (Å²) in [6.07, 6.45) is 0.752. The van der Waals surface area contributed by atoms with E-state index in [-0.39, 0.29) is 12.4 Å². The molecule has 0 radical (unpaired) electrons. The lowest BCUT2D eigenvalue weighted by Crippen LogP contribution is -2.25. The van der Waals surface area contributed by atoms with Crippen LogP contribution in [-0.4, -0.2) is 17.8 Å². The minimum Gasteiger partial charge on any atom is -0.396 e. The first-order valence-electron chi connectivity index (χ1n) is 6.38. The lowest BCUT2D eigenvalue weighted by atomic mass is 10.2. The van der Waals surface area contributed by atoms with E-state index in [1.165, 1.54) is 10.9 Å². The van der Waals surface area contributed by atoms with Gasteiger partial charge in [0.25, 0.3) is 0 Å². The molecule has 1 heterocycles. The fraction of sp³-hybridized carbons (Fsp3) is 0.333. The molecule has 2 rings (SSSR count). The molecule has 2 nitrogen and oxygen atoms in total. The summed E-state index contributed by atoms with van der Waals surface area (Å²) >= 11 is 1.66. The zero-order valence-electron chi connectivity index (χ0n) is 10.9. The summed E-state index contributed by atoms with van der Waals surface area (Å²) in [6.45, 7) is 3.03. The van der Waals surface area contributed by atoms with E-state index >= 15 is 0 Å². The van der Waals surface area contributed by atoms with E-state index in [2.05, 4.69) is 18.3 Å². The van der Waals surface area contributed by atoms with Crippen molar-refractivity contribution in [1.82, 2.24) is 5.32 Å². The molecule has 1 unspecified atom stereocenters. The molecule has 1 aromatic heterocycles. The van der Waals surface area contributed by atoms with E-state index < -0.39 is 0 Å². The van der Waals surface area contributed by atoms with Crippen LogP contribution in [0.3, 0.4) is 0 Å². The first kappa shape index (κ1) is 14.2. The molecule has 2 N–H and O–H groups in total. The highest BCUT2D eigenvalue weighted by Gasteiger charge is 2.05. The minimum atomic E-state index is -0.206. The number of halogens is 1. The van der Waals surface area contributed by atoms with Gasteiger partial charge in [-0.1, -0.05) is 12.1 Å². The summed E-state index contributed by atoms with van der Waals surface area (Å²) in [6, 6.07) is 11.0. The first-order chi connectivity index (χ1) is 9.19. The molecular weight excluding hydrogens is 261 g/mol. The molecule has 0 aliphatic carbocycles. The van der Waals surface area contributed by atoms with Crippen molar-refractivity contribution in [2.24, 2.45) is 0 Å². The molecule has 4 heteroatoms. The molecule has 19 heavy (non-hydrogen) atoms. The van der Waals surface area contributed by atoms with Crippen LogP contribution < -0.4 is 5.32 Å². The fourth-order valence-corrected chi connectivity index (χ4v) is 2.80. The van der Waals surface area contributed by atoms with Crippen LogP contribution >= 0.6 is 11.3 Å². The first-order valence-corrected chi connectivity index (χ1v) is 7.19. The third kappa shape index (κ3) is 4.13. The van der Waals surface area contributed by atoms with Crippen molar-refractivity contribution in [3.8, 4) is 10.4 Å². The molecule has 1 aromatic carbocycles. The summed E-state index contributed by atoms with van der Waals surface area (Å²) in [5.41, 5.74) is 0.916. The normalized spacial score (nSPS) is 12.6. The van der Waals surface area contributed by atoms with E-state index in [4.69, 9.17) is 5.11 Å². The summed E-state index contributed by atoms with van der Waals surface area (Å²) in [4.78, 5) is 2.29. The van der Waals surface area contributed by atoms with Crippen molar-refractivity contribution in [2.75, 3.05) is 6.61 Å². The number of benzene rings is 1. The summed E-state index contributed by atoms with van der Waals surface area (Å²) in [5.74, 6) is -0.206. The van der Waals surface area contributed by atoms with Gasteiger partial charge in [0.05, 0.1) is 0 Å². The number of thiophene rings is 1. The average Bonchev–Trinajstić information content (AvgIpc) is 2.85. The standard InChI is InChI=1S/C15H18FNOS/c1-11(7-8-18)17-10-14-5-6-15(19-14)12-3-2-4-13(16)9-12/h2-6,9,11,17-18H,7-8,10H2,1H3. The number of rotatable bonds is 6. The van der Waals surface area contributed by atoms with E-state index in [0.717, 1.165) is 23.4 Å². The minimum absolute atomic E-state index is 0.202. The van der Waals surface area contributed by atoms with Gasteiger partial charge in [-0.25, -0.2) is 4.39 Å². The van der Waals surface area contributed by atoms with Gasteiger partial charge >= 0.3 is 0 Å². The lowest BCUT2D eigenvalue weighted by molar-refractivity contribution is 0.269. The maximum absolute atomic E-state index is 13.2. The molecule has 0 spiro atoms. The molecule has 0 saturated heterocycles. The molecule has 1 atom stereocenters. The Kier molecular flexibility index (Phi) is 5.07. The van der Waals surface area contributed by atoms with E-state index in [1.807, 2.05) is 12.1 Å². The van der Waals surface area contributed by atoms with Crippen LogP contribution in [0.15, 0.2) is 36.4 Å². The monoisotopic (exact) mass is 279 g/mol. The Labute approximate surface area is 116 Å². The highest BCUT2D eigenvalue weighted by atomic mass is 32.1. The van der Waals surface area contributed by atoms with Gasteiger partial charge in [0.1, 0.15) is 5.82 Å². The molecule has 0 aliphatic heterocycles. The quantitative estimate of drug-likeness (QED) is 0.849. The van der Waals surface area contributed by atoms with Gasteiger partial charge in [-0.05, 0) is 43.2 Å². The zero-order valence-corrected chi connectivity index (χ0v) is 11.7. The molecule has 0 saturated carbocycles. The number of hydrogen-bond acceptors (Lipinski definition) is 3. The largest absolute Gasteiger partial charge is 0.396 e. The van der Waals surface area contributed by atoms with Crippen LogP contribution in [0.5, 0.6) is 0 Å². The van der Waals surface area contributed by atoms with Crippen LogP contribution in [-0.2, 0) is 6.54 Å². The summed E-state index contributed by atoms with van der Waals surface area (Å²) in [5, 5.41) is 12.2. The smallest absolute Gasteiger partial charge is 0.123 e. The van der Waals surface area contributed by atoms with Crippen molar-refractivity contribution in [3.63, 3.8) is 0 Å². The van der Waals surface area contributed by atoms with Crippen LogP contribution in [0, 0.1) is 5.82 Å². The Hall–Kier alpha value is -1.23. The van der Waals surface area contributed by atoms with Crippen molar-refractivity contribution in [1.29, 1.82) is 0 Å². The van der Waals surface area contributed by atoms with Crippen LogP contribution in [0.2, 0.25) is 0 Å². The van der Waals surface area contributed by atoms with Crippen molar-refractivity contribution >= 4 is 11.3 Å².